The number of hydrogen-bond donors (Lipinski definition) is 0. The third-order valence-electron chi connectivity index (χ3n) is 2.81. The molecule has 82 valence electrons. The second-order valence-corrected chi connectivity index (χ2v) is 4.88. The van der Waals surface area contributed by atoms with Gasteiger partial charge in [-0.15, -0.1) is 0 Å². The van der Waals surface area contributed by atoms with Gasteiger partial charge in [-0.3, -0.25) is 0 Å². The average Bonchev–Trinajstić information content (AvgIpc) is 2.19. The molecule has 1 aliphatic heterocycles. The lowest BCUT2D eigenvalue weighted by Crippen LogP contribution is -2.33. The average molecular weight is 308 g/mol. The third kappa shape index (κ3) is 5.82. The Morgan fingerprint density at radius 2 is 1.93 bits per heavy atom. The highest BCUT2D eigenvalue weighted by Crippen LogP contribution is 2.25. The number of nitriles is 1. The van der Waals surface area contributed by atoms with E-state index >= 15 is 0 Å². The third-order valence-corrected chi connectivity index (χ3v) is 4.20. The van der Waals surface area contributed by atoms with Crippen LogP contribution in [0.4, 0.5) is 0 Å². The van der Waals surface area contributed by atoms with Gasteiger partial charge in [0.25, 0.3) is 0 Å². The Hall–Kier alpha value is 0.180. The topological polar surface area (TPSA) is 27.0 Å². The standard InChI is InChI=1S/C9H18IN.C2H3N/c1-8(7-10)9-3-5-11(2)6-4-9;1-2-3/h8-9H,3-7H2,1-2H3;1H3/t8-;/m1./s1. The predicted molar refractivity (Wildman–Crippen MR) is 69.6 cm³/mol. The summed E-state index contributed by atoms with van der Waals surface area (Å²) in [6.07, 6.45) is 2.83. The Bertz CT molecular complexity index is 169. The van der Waals surface area contributed by atoms with Crippen LogP contribution in [0.25, 0.3) is 0 Å². The van der Waals surface area contributed by atoms with Crippen molar-refractivity contribution in [2.75, 3.05) is 24.6 Å². The molecule has 1 atom stereocenters. The fraction of sp³-hybridized carbons (Fsp3) is 0.909. The summed E-state index contributed by atoms with van der Waals surface area (Å²) in [5.41, 5.74) is 0. The molecule has 0 aromatic rings. The minimum absolute atomic E-state index is 0.935. The normalized spacial score (nSPS) is 20.5. The summed E-state index contributed by atoms with van der Waals surface area (Å²) in [7, 11) is 2.23. The highest BCUT2D eigenvalue weighted by Gasteiger charge is 2.20. The SMILES string of the molecule is CC#N.C[C@H](CI)C1CCN(C)CC1. The van der Waals surface area contributed by atoms with Crippen molar-refractivity contribution in [1.82, 2.24) is 4.90 Å². The molecule has 1 rings (SSSR count). The zero-order valence-corrected chi connectivity index (χ0v) is 11.6. The molecule has 0 saturated carbocycles. The van der Waals surface area contributed by atoms with Crippen LogP contribution in [0.5, 0.6) is 0 Å². The van der Waals surface area contributed by atoms with E-state index in [0.29, 0.717) is 0 Å². The summed E-state index contributed by atoms with van der Waals surface area (Å²) in [5, 5.41) is 7.32. The van der Waals surface area contributed by atoms with E-state index in [-0.39, 0.29) is 0 Å². The summed E-state index contributed by atoms with van der Waals surface area (Å²) < 4.78 is 1.33. The lowest BCUT2D eigenvalue weighted by molar-refractivity contribution is 0.188. The van der Waals surface area contributed by atoms with Crippen molar-refractivity contribution in [2.45, 2.75) is 26.7 Å². The van der Waals surface area contributed by atoms with Crippen molar-refractivity contribution < 1.29 is 0 Å². The van der Waals surface area contributed by atoms with Gasteiger partial charge >= 0.3 is 0 Å². The minimum atomic E-state index is 0.935. The first kappa shape index (κ1) is 14.2. The molecule has 1 aliphatic rings. The Balaban J connectivity index is 0.000000500. The van der Waals surface area contributed by atoms with Crippen molar-refractivity contribution >= 4 is 22.6 Å². The van der Waals surface area contributed by atoms with Crippen LogP contribution < -0.4 is 0 Å². The van der Waals surface area contributed by atoms with Crippen LogP contribution in [0, 0.1) is 23.2 Å². The van der Waals surface area contributed by atoms with Gasteiger partial charge in [-0.25, -0.2) is 0 Å². The van der Waals surface area contributed by atoms with Gasteiger partial charge in [-0.1, -0.05) is 29.5 Å². The molecule has 1 fully saturated rings. The molecule has 14 heavy (non-hydrogen) atoms. The number of alkyl halides is 1. The number of likely N-dealkylation sites (tertiary alicyclic amines) is 1. The summed E-state index contributed by atoms with van der Waals surface area (Å²) in [6, 6.07) is 1.75. The van der Waals surface area contributed by atoms with Crippen molar-refractivity contribution in [3.05, 3.63) is 0 Å². The fourth-order valence-corrected chi connectivity index (χ4v) is 2.44. The maximum Gasteiger partial charge on any atom is 0.0587 e. The number of hydrogen-bond acceptors (Lipinski definition) is 2. The number of piperidine rings is 1. The van der Waals surface area contributed by atoms with Crippen LogP contribution >= 0.6 is 22.6 Å². The highest BCUT2D eigenvalue weighted by atomic mass is 127. The van der Waals surface area contributed by atoms with Gasteiger partial charge in [0, 0.05) is 11.4 Å². The molecule has 0 aromatic heterocycles. The summed E-state index contributed by atoms with van der Waals surface area (Å²) >= 11 is 2.51. The molecule has 0 N–H and O–H groups in total. The van der Waals surface area contributed by atoms with E-state index in [2.05, 4.69) is 41.5 Å². The van der Waals surface area contributed by atoms with Crippen LogP contribution in [0.2, 0.25) is 0 Å². The lowest BCUT2D eigenvalue weighted by atomic mass is 9.87. The predicted octanol–water partition coefficient (Wildman–Crippen LogP) is 2.93. The number of nitrogens with zero attached hydrogens (tertiary/aromatic N) is 2. The zero-order valence-electron chi connectivity index (χ0n) is 9.46. The van der Waals surface area contributed by atoms with E-state index in [1.165, 1.54) is 37.3 Å². The molecule has 0 spiro atoms. The lowest BCUT2D eigenvalue weighted by Gasteiger charge is -2.31. The van der Waals surface area contributed by atoms with Crippen LogP contribution in [0.1, 0.15) is 26.7 Å². The summed E-state index contributed by atoms with van der Waals surface area (Å²) in [6.45, 7) is 6.44. The van der Waals surface area contributed by atoms with Gasteiger partial charge in [0.05, 0.1) is 6.07 Å². The van der Waals surface area contributed by atoms with Gasteiger partial charge in [-0.05, 0) is 44.8 Å². The second kappa shape index (κ2) is 8.49. The van der Waals surface area contributed by atoms with E-state index in [0.717, 1.165) is 11.8 Å². The van der Waals surface area contributed by atoms with Crippen LogP contribution in [-0.4, -0.2) is 29.5 Å². The Kier molecular flexibility index (Phi) is 8.59. The van der Waals surface area contributed by atoms with Crippen molar-refractivity contribution in [3.8, 4) is 6.07 Å². The second-order valence-electron chi connectivity index (χ2n) is 4.00. The number of rotatable bonds is 2. The van der Waals surface area contributed by atoms with Crippen LogP contribution in [0.3, 0.4) is 0 Å². The Labute approximate surface area is 102 Å². The van der Waals surface area contributed by atoms with Gasteiger partial charge < -0.3 is 4.90 Å². The molecule has 2 nitrogen and oxygen atoms in total. The van der Waals surface area contributed by atoms with Gasteiger partial charge in [0.2, 0.25) is 0 Å². The van der Waals surface area contributed by atoms with Crippen LogP contribution in [-0.2, 0) is 0 Å². The van der Waals surface area contributed by atoms with Crippen LogP contribution in [0.15, 0.2) is 0 Å². The van der Waals surface area contributed by atoms with Gasteiger partial charge in [0.15, 0.2) is 0 Å². The van der Waals surface area contributed by atoms with E-state index in [1.807, 2.05) is 0 Å². The largest absolute Gasteiger partial charge is 0.306 e. The molecule has 3 heteroatoms. The molecule has 1 saturated heterocycles. The van der Waals surface area contributed by atoms with Crippen molar-refractivity contribution in [3.63, 3.8) is 0 Å². The zero-order chi connectivity index (χ0) is 11.0. The Morgan fingerprint density at radius 1 is 1.50 bits per heavy atom. The van der Waals surface area contributed by atoms with E-state index in [9.17, 15) is 0 Å². The first-order chi connectivity index (χ1) is 6.65. The molecular formula is C11H21IN2. The molecule has 0 radical (unpaired) electrons. The van der Waals surface area contributed by atoms with Gasteiger partial charge in [-0.2, -0.15) is 5.26 Å². The van der Waals surface area contributed by atoms with Crippen molar-refractivity contribution in [2.24, 2.45) is 11.8 Å². The quantitative estimate of drug-likeness (QED) is 0.579. The minimum Gasteiger partial charge on any atom is -0.306 e. The molecule has 0 unspecified atom stereocenters. The van der Waals surface area contributed by atoms with E-state index in [4.69, 9.17) is 5.26 Å². The molecule has 0 bridgehead atoms. The molecule has 0 aromatic carbocycles. The molecule has 0 amide bonds. The van der Waals surface area contributed by atoms with E-state index < -0.39 is 0 Å². The maximum atomic E-state index is 7.32. The molecule has 1 heterocycles. The monoisotopic (exact) mass is 308 g/mol. The molecule has 0 aliphatic carbocycles. The maximum absolute atomic E-state index is 7.32. The van der Waals surface area contributed by atoms with E-state index in [1.54, 1.807) is 6.07 Å². The first-order valence-corrected chi connectivity index (χ1v) is 6.73. The first-order valence-electron chi connectivity index (χ1n) is 5.21. The fourth-order valence-electron chi connectivity index (χ4n) is 1.72. The van der Waals surface area contributed by atoms with Crippen molar-refractivity contribution in [1.29, 1.82) is 5.26 Å². The molecular weight excluding hydrogens is 287 g/mol. The summed E-state index contributed by atoms with van der Waals surface area (Å²) in [5.74, 6) is 1.94. The Morgan fingerprint density at radius 3 is 2.29 bits per heavy atom. The highest BCUT2D eigenvalue weighted by molar-refractivity contribution is 14.1. The van der Waals surface area contributed by atoms with Gasteiger partial charge in [0.1, 0.15) is 0 Å². The number of halogens is 1. The smallest absolute Gasteiger partial charge is 0.0587 e. The summed E-state index contributed by atoms with van der Waals surface area (Å²) in [4.78, 5) is 2.44.